The molecule has 98 valence electrons. The molecule has 0 N–H and O–H groups in total. The molecule has 0 radical (unpaired) electrons. The average Bonchev–Trinajstić information content (AvgIpc) is 2.85. The van der Waals surface area contributed by atoms with Crippen LogP contribution in [0.4, 0.5) is 0 Å². The Morgan fingerprint density at radius 2 is 2.39 bits per heavy atom. The fourth-order valence-corrected chi connectivity index (χ4v) is 2.81. The number of carbonyl (C=O) groups excluding carboxylic acids is 1. The molecule has 1 unspecified atom stereocenters. The van der Waals surface area contributed by atoms with Gasteiger partial charge in [0.25, 0.3) is 0 Å². The van der Waals surface area contributed by atoms with Gasteiger partial charge in [0.1, 0.15) is 6.61 Å². The van der Waals surface area contributed by atoms with Crippen LogP contribution >= 0.6 is 15.9 Å². The number of likely N-dealkylation sites (tertiary alicyclic amines) is 1. The van der Waals surface area contributed by atoms with Crippen molar-refractivity contribution < 1.29 is 9.53 Å². The monoisotopic (exact) mass is 311 g/mol. The number of hydrogen-bond acceptors (Lipinski definition) is 2. The number of amides is 1. The van der Waals surface area contributed by atoms with Crippen LogP contribution in [0.2, 0.25) is 0 Å². The molecule has 0 aromatic heterocycles. The summed E-state index contributed by atoms with van der Waals surface area (Å²) in [4.78, 5) is 14.0. The highest BCUT2D eigenvalue weighted by atomic mass is 79.9. The van der Waals surface area contributed by atoms with Crippen LogP contribution in [-0.2, 0) is 9.53 Å². The molecule has 0 saturated carbocycles. The third-order valence-electron chi connectivity index (χ3n) is 3.24. The summed E-state index contributed by atoms with van der Waals surface area (Å²) in [6.45, 7) is 3.52. The largest absolute Gasteiger partial charge is 0.372 e. The van der Waals surface area contributed by atoms with Gasteiger partial charge in [-0.2, -0.15) is 0 Å². The second-order valence-corrected chi connectivity index (χ2v) is 5.35. The van der Waals surface area contributed by atoms with Gasteiger partial charge in [0.05, 0.1) is 6.04 Å². The normalized spacial score (nSPS) is 19.2. The Morgan fingerprint density at radius 3 is 3.11 bits per heavy atom. The number of carbonyl (C=O) groups is 1. The first kappa shape index (κ1) is 13.6. The quantitative estimate of drug-likeness (QED) is 0.855. The molecule has 1 saturated heterocycles. The minimum Gasteiger partial charge on any atom is -0.372 e. The van der Waals surface area contributed by atoms with E-state index >= 15 is 0 Å². The van der Waals surface area contributed by atoms with Crippen LogP contribution in [0.15, 0.2) is 28.7 Å². The maximum absolute atomic E-state index is 12.1. The summed E-state index contributed by atoms with van der Waals surface area (Å²) in [5, 5.41) is 0. The van der Waals surface area contributed by atoms with Crippen LogP contribution in [0.5, 0.6) is 0 Å². The predicted octanol–water partition coefficient (Wildman–Crippen LogP) is 3.15. The summed E-state index contributed by atoms with van der Waals surface area (Å²) in [5.74, 6) is 0.0966. The molecule has 1 fully saturated rings. The van der Waals surface area contributed by atoms with Crippen molar-refractivity contribution in [1.82, 2.24) is 4.90 Å². The Hall–Kier alpha value is -0.870. The summed E-state index contributed by atoms with van der Waals surface area (Å²) in [7, 11) is 0. The molecule has 1 heterocycles. The molecule has 3 nitrogen and oxygen atoms in total. The molecule has 1 aromatic carbocycles. The lowest BCUT2D eigenvalue weighted by Gasteiger charge is -2.25. The van der Waals surface area contributed by atoms with Crippen molar-refractivity contribution in [2.75, 3.05) is 19.8 Å². The van der Waals surface area contributed by atoms with Gasteiger partial charge in [-0.05, 0) is 37.5 Å². The maximum atomic E-state index is 12.1. The van der Waals surface area contributed by atoms with Crippen LogP contribution in [0.1, 0.15) is 31.4 Å². The number of ether oxygens (including phenoxy) is 1. The smallest absolute Gasteiger partial charge is 0.249 e. The van der Waals surface area contributed by atoms with E-state index in [4.69, 9.17) is 4.74 Å². The molecule has 1 amide bonds. The lowest BCUT2D eigenvalue weighted by Crippen LogP contribution is -2.33. The summed E-state index contributed by atoms with van der Waals surface area (Å²) in [6.07, 6.45) is 2.10. The van der Waals surface area contributed by atoms with E-state index in [9.17, 15) is 4.79 Å². The van der Waals surface area contributed by atoms with Gasteiger partial charge in [-0.3, -0.25) is 4.79 Å². The molecule has 4 heteroatoms. The first-order valence-electron chi connectivity index (χ1n) is 6.35. The van der Waals surface area contributed by atoms with E-state index in [1.165, 1.54) is 5.56 Å². The lowest BCUT2D eigenvalue weighted by molar-refractivity contribution is -0.136. The Labute approximate surface area is 116 Å². The molecule has 1 aliphatic heterocycles. The second kappa shape index (κ2) is 6.34. The van der Waals surface area contributed by atoms with E-state index in [0.717, 1.165) is 23.9 Å². The van der Waals surface area contributed by atoms with E-state index in [2.05, 4.69) is 28.1 Å². The van der Waals surface area contributed by atoms with E-state index < -0.39 is 0 Å². The summed E-state index contributed by atoms with van der Waals surface area (Å²) in [5.41, 5.74) is 1.20. The molecule has 1 atom stereocenters. The van der Waals surface area contributed by atoms with Gasteiger partial charge in [-0.1, -0.05) is 28.1 Å². The van der Waals surface area contributed by atoms with E-state index in [1.54, 1.807) is 0 Å². The van der Waals surface area contributed by atoms with Gasteiger partial charge in [0, 0.05) is 17.6 Å². The van der Waals surface area contributed by atoms with Crippen molar-refractivity contribution in [3.8, 4) is 0 Å². The van der Waals surface area contributed by atoms with Gasteiger partial charge >= 0.3 is 0 Å². The first-order valence-corrected chi connectivity index (χ1v) is 7.14. The van der Waals surface area contributed by atoms with Gasteiger partial charge < -0.3 is 9.64 Å². The Balaban J connectivity index is 2.10. The Kier molecular flexibility index (Phi) is 4.78. The highest BCUT2D eigenvalue weighted by molar-refractivity contribution is 9.10. The number of rotatable bonds is 4. The van der Waals surface area contributed by atoms with Crippen molar-refractivity contribution in [3.63, 3.8) is 0 Å². The molecule has 0 bridgehead atoms. The summed E-state index contributed by atoms with van der Waals surface area (Å²) < 4.78 is 6.27. The zero-order valence-electron chi connectivity index (χ0n) is 10.6. The number of halogens is 1. The first-order chi connectivity index (χ1) is 8.72. The topological polar surface area (TPSA) is 29.5 Å². The predicted molar refractivity (Wildman–Crippen MR) is 74.3 cm³/mol. The second-order valence-electron chi connectivity index (χ2n) is 4.44. The SMILES string of the molecule is CCOCC(=O)N1CCCC1c1cccc(Br)c1. The van der Waals surface area contributed by atoms with E-state index in [0.29, 0.717) is 6.61 Å². The molecular weight excluding hydrogens is 294 g/mol. The minimum absolute atomic E-state index is 0.0966. The minimum atomic E-state index is 0.0966. The van der Waals surface area contributed by atoms with E-state index in [-0.39, 0.29) is 18.6 Å². The Bertz CT molecular complexity index is 422. The highest BCUT2D eigenvalue weighted by Gasteiger charge is 2.29. The third-order valence-corrected chi connectivity index (χ3v) is 3.73. The number of hydrogen-bond donors (Lipinski definition) is 0. The van der Waals surface area contributed by atoms with E-state index in [1.807, 2.05) is 24.0 Å². The Morgan fingerprint density at radius 1 is 1.56 bits per heavy atom. The standard InChI is InChI=1S/C14H18BrNO2/c1-2-18-10-14(17)16-8-4-7-13(16)11-5-3-6-12(15)9-11/h3,5-6,9,13H,2,4,7-8,10H2,1H3. The summed E-state index contributed by atoms with van der Waals surface area (Å²) in [6, 6.07) is 8.40. The van der Waals surface area contributed by atoms with Crippen LogP contribution in [0.25, 0.3) is 0 Å². The average molecular weight is 312 g/mol. The van der Waals surface area contributed by atoms with Crippen LogP contribution in [0, 0.1) is 0 Å². The molecule has 0 aliphatic carbocycles. The number of nitrogens with zero attached hydrogens (tertiary/aromatic N) is 1. The summed E-state index contributed by atoms with van der Waals surface area (Å²) >= 11 is 3.48. The van der Waals surface area contributed by atoms with Crippen LogP contribution < -0.4 is 0 Å². The van der Waals surface area contributed by atoms with Crippen molar-refractivity contribution >= 4 is 21.8 Å². The van der Waals surface area contributed by atoms with Gasteiger partial charge in [-0.15, -0.1) is 0 Å². The number of benzene rings is 1. The van der Waals surface area contributed by atoms with Crippen molar-refractivity contribution in [2.24, 2.45) is 0 Å². The lowest BCUT2D eigenvalue weighted by atomic mass is 10.0. The zero-order chi connectivity index (χ0) is 13.0. The maximum Gasteiger partial charge on any atom is 0.249 e. The van der Waals surface area contributed by atoms with Crippen molar-refractivity contribution in [3.05, 3.63) is 34.3 Å². The fourth-order valence-electron chi connectivity index (χ4n) is 2.40. The molecule has 1 aromatic rings. The van der Waals surface area contributed by atoms with Gasteiger partial charge in [-0.25, -0.2) is 0 Å². The molecule has 2 rings (SSSR count). The highest BCUT2D eigenvalue weighted by Crippen LogP contribution is 2.32. The van der Waals surface area contributed by atoms with Crippen LogP contribution in [-0.4, -0.2) is 30.6 Å². The van der Waals surface area contributed by atoms with Crippen molar-refractivity contribution in [2.45, 2.75) is 25.8 Å². The van der Waals surface area contributed by atoms with Gasteiger partial charge in [0.2, 0.25) is 5.91 Å². The molecule has 0 spiro atoms. The zero-order valence-corrected chi connectivity index (χ0v) is 12.1. The van der Waals surface area contributed by atoms with Gasteiger partial charge in [0.15, 0.2) is 0 Å². The molecule has 18 heavy (non-hydrogen) atoms. The molecular formula is C14H18BrNO2. The third kappa shape index (κ3) is 3.12. The van der Waals surface area contributed by atoms with Crippen LogP contribution in [0.3, 0.4) is 0 Å². The van der Waals surface area contributed by atoms with Crippen molar-refractivity contribution in [1.29, 1.82) is 0 Å². The fraction of sp³-hybridized carbons (Fsp3) is 0.500. The molecule has 1 aliphatic rings.